The van der Waals surface area contributed by atoms with Crippen LogP contribution in [0.25, 0.3) is 10.2 Å². The van der Waals surface area contributed by atoms with Crippen LogP contribution in [-0.2, 0) is 32.4 Å². The SMILES string of the molecule is C#CCn1c(=NC(=O)CS(=O)(=O)CC(=O)N2CCc3ccccc32)sc2cc(Br)ccc21. The summed E-state index contributed by atoms with van der Waals surface area (Å²) in [5, 5.41) is 0. The molecule has 32 heavy (non-hydrogen) atoms. The lowest BCUT2D eigenvalue weighted by atomic mass is 10.2. The van der Waals surface area contributed by atoms with Crippen molar-refractivity contribution in [2.75, 3.05) is 23.0 Å². The van der Waals surface area contributed by atoms with Crippen LogP contribution in [0.4, 0.5) is 5.69 Å². The number of halogens is 1. The second-order valence-electron chi connectivity index (χ2n) is 7.25. The molecule has 0 aliphatic carbocycles. The van der Waals surface area contributed by atoms with Crippen LogP contribution in [0.2, 0.25) is 0 Å². The fourth-order valence-corrected chi connectivity index (χ4v) is 6.29. The minimum atomic E-state index is -3.99. The molecule has 0 N–H and O–H groups in total. The quantitative estimate of drug-likeness (QED) is 0.473. The van der Waals surface area contributed by atoms with Crippen molar-refractivity contribution in [2.45, 2.75) is 13.0 Å². The molecule has 0 bridgehead atoms. The highest BCUT2D eigenvalue weighted by atomic mass is 79.9. The standard InChI is InChI=1S/C22H18BrN3O4S2/c1-2-10-26-18-8-7-16(23)12-19(18)31-22(26)24-20(27)13-32(29,30)14-21(28)25-11-9-15-5-3-4-6-17(15)25/h1,3-8,12H,9-11,13-14H2. The van der Waals surface area contributed by atoms with Gasteiger partial charge in [-0.1, -0.05) is 51.4 Å². The van der Waals surface area contributed by atoms with Gasteiger partial charge in [0.25, 0.3) is 5.91 Å². The number of nitrogens with zero attached hydrogens (tertiary/aromatic N) is 3. The predicted molar refractivity (Wildman–Crippen MR) is 128 cm³/mol. The van der Waals surface area contributed by atoms with Crippen LogP contribution in [0, 0.1) is 12.3 Å². The van der Waals surface area contributed by atoms with E-state index in [0.717, 1.165) is 25.9 Å². The molecule has 2 amide bonds. The van der Waals surface area contributed by atoms with Gasteiger partial charge in [0, 0.05) is 16.7 Å². The molecule has 0 fully saturated rings. The van der Waals surface area contributed by atoms with Crippen molar-refractivity contribution in [1.82, 2.24) is 4.57 Å². The molecule has 2 aromatic carbocycles. The topological polar surface area (TPSA) is 88.8 Å². The fourth-order valence-electron chi connectivity index (χ4n) is 3.62. The van der Waals surface area contributed by atoms with E-state index in [1.165, 1.54) is 16.2 Å². The summed E-state index contributed by atoms with van der Waals surface area (Å²) < 4.78 is 28.5. The molecule has 1 aliphatic heterocycles. The van der Waals surface area contributed by atoms with E-state index in [-0.39, 0.29) is 6.54 Å². The summed E-state index contributed by atoms with van der Waals surface area (Å²) in [6.45, 7) is 0.614. The number of para-hydroxylation sites is 1. The number of terminal acetylenes is 1. The molecule has 0 saturated heterocycles. The van der Waals surface area contributed by atoms with Crippen molar-refractivity contribution in [3.8, 4) is 12.3 Å². The molecule has 0 radical (unpaired) electrons. The average Bonchev–Trinajstić information content (AvgIpc) is 3.29. The summed E-state index contributed by atoms with van der Waals surface area (Å²) in [6.07, 6.45) is 6.12. The first-order chi connectivity index (χ1) is 15.3. The lowest BCUT2D eigenvalue weighted by Gasteiger charge is -2.17. The summed E-state index contributed by atoms with van der Waals surface area (Å²) in [7, 11) is -3.99. The Bertz CT molecular complexity index is 1450. The largest absolute Gasteiger partial charge is 0.311 e. The molecule has 3 aromatic rings. The maximum absolute atomic E-state index is 12.6. The Kier molecular flexibility index (Phi) is 6.33. The molecule has 0 atom stereocenters. The van der Waals surface area contributed by atoms with Gasteiger partial charge in [0.15, 0.2) is 14.6 Å². The molecule has 164 valence electrons. The molecule has 1 aliphatic rings. The maximum Gasteiger partial charge on any atom is 0.263 e. The van der Waals surface area contributed by atoms with Gasteiger partial charge in [0.2, 0.25) is 5.91 Å². The predicted octanol–water partition coefficient (Wildman–Crippen LogP) is 2.53. The van der Waals surface area contributed by atoms with Crippen molar-refractivity contribution in [3.05, 3.63) is 57.3 Å². The molecule has 1 aromatic heterocycles. The number of fused-ring (bicyclic) bond motifs is 2. The van der Waals surface area contributed by atoms with Gasteiger partial charge in [-0.3, -0.25) is 9.59 Å². The van der Waals surface area contributed by atoms with Gasteiger partial charge in [0.1, 0.15) is 11.5 Å². The molecule has 2 heterocycles. The van der Waals surface area contributed by atoms with E-state index in [1.807, 2.05) is 30.3 Å². The molecule has 7 nitrogen and oxygen atoms in total. The monoisotopic (exact) mass is 531 g/mol. The second-order valence-corrected chi connectivity index (χ2v) is 11.2. The van der Waals surface area contributed by atoms with Gasteiger partial charge >= 0.3 is 0 Å². The van der Waals surface area contributed by atoms with E-state index >= 15 is 0 Å². The number of carbonyl (C=O) groups excluding carboxylic acids is 2. The van der Waals surface area contributed by atoms with Crippen molar-refractivity contribution >= 4 is 64.8 Å². The molecule has 0 unspecified atom stereocenters. The van der Waals surface area contributed by atoms with Crippen molar-refractivity contribution in [3.63, 3.8) is 0 Å². The molecular weight excluding hydrogens is 514 g/mol. The van der Waals surface area contributed by atoms with Crippen molar-refractivity contribution < 1.29 is 18.0 Å². The zero-order chi connectivity index (χ0) is 22.9. The second kappa shape index (κ2) is 9.02. The highest BCUT2D eigenvalue weighted by Gasteiger charge is 2.29. The number of hydrogen-bond acceptors (Lipinski definition) is 5. The van der Waals surface area contributed by atoms with Gasteiger partial charge < -0.3 is 9.47 Å². The summed E-state index contributed by atoms with van der Waals surface area (Å²) >= 11 is 4.64. The van der Waals surface area contributed by atoms with Crippen LogP contribution < -0.4 is 9.70 Å². The number of carbonyl (C=O) groups is 2. The Hall–Kier alpha value is -2.74. The highest BCUT2D eigenvalue weighted by molar-refractivity contribution is 9.10. The highest BCUT2D eigenvalue weighted by Crippen LogP contribution is 2.27. The van der Waals surface area contributed by atoms with Crippen LogP contribution in [0.5, 0.6) is 0 Å². The number of anilines is 1. The van der Waals surface area contributed by atoms with Gasteiger partial charge in [-0.2, -0.15) is 4.99 Å². The Labute approximate surface area is 197 Å². The van der Waals surface area contributed by atoms with Crippen LogP contribution in [0.1, 0.15) is 5.56 Å². The van der Waals surface area contributed by atoms with Crippen LogP contribution in [-0.4, -0.2) is 42.8 Å². The Morgan fingerprint density at radius 2 is 1.97 bits per heavy atom. The Morgan fingerprint density at radius 1 is 1.19 bits per heavy atom. The fraction of sp³-hybridized carbons (Fsp3) is 0.227. The van der Waals surface area contributed by atoms with Crippen molar-refractivity contribution in [1.29, 1.82) is 0 Å². The van der Waals surface area contributed by atoms with Crippen LogP contribution in [0.15, 0.2) is 51.9 Å². The third kappa shape index (κ3) is 4.70. The number of hydrogen-bond donors (Lipinski definition) is 0. The summed E-state index contributed by atoms with van der Waals surface area (Å²) in [4.78, 5) is 30.9. The van der Waals surface area contributed by atoms with Gasteiger partial charge in [0.05, 0.1) is 16.8 Å². The molecule has 4 rings (SSSR count). The molecule has 0 saturated carbocycles. The van der Waals surface area contributed by atoms with E-state index in [2.05, 4.69) is 26.8 Å². The first-order valence-electron chi connectivity index (χ1n) is 9.66. The first-order valence-corrected chi connectivity index (χ1v) is 13.1. The van der Waals surface area contributed by atoms with Crippen molar-refractivity contribution in [2.24, 2.45) is 4.99 Å². The number of aromatic nitrogens is 1. The number of thiazole rings is 1. The van der Waals surface area contributed by atoms with E-state index < -0.39 is 33.2 Å². The molecule has 10 heteroatoms. The zero-order valence-corrected chi connectivity index (χ0v) is 20.0. The number of sulfone groups is 1. The number of benzene rings is 2. The lowest BCUT2D eigenvalue weighted by Crippen LogP contribution is -2.36. The molecule has 0 spiro atoms. The van der Waals surface area contributed by atoms with Gasteiger partial charge in [-0.05, 0) is 36.2 Å². The van der Waals surface area contributed by atoms with E-state index in [9.17, 15) is 18.0 Å². The van der Waals surface area contributed by atoms with Gasteiger partial charge in [-0.25, -0.2) is 8.42 Å². The summed E-state index contributed by atoms with van der Waals surface area (Å²) in [5.41, 5.74) is 2.52. The molecular formula is C22H18BrN3O4S2. The summed E-state index contributed by atoms with van der Waals surface area (Å²) in [6, 6.07) is 12.9. The Balaban J connectivity index is 1.54. The lowest BCUT2D eigenvalue weighted by molar-refractivity contribution is -0.116. The Morgan fingerprint density at radius 3 is 2.75 bits per heavy atom. The maximum atomic E-state index is 12.6. The van der Waals surface area contributed by atoms with Crippen LogP contribution in [0.3, 0.4) is 0 Å². The zero-order valence-electron chi connectivity index (χ0n) is 16.8. The van der Waals surface area contributed by atoms with E-state index in [0.29, 0.717) is 17.8 Å². The summed E-state index contributed by atoms with van der Waals surface area (Å²) in [5.74, 6) is -0.448. The normalized spacial score (nSPS) is 13.9. The third-order valence-electron chi connectivity index (χ3n) is 4.99. The van der Waals surface area contributed by atoms with E-state index in [1.54, 1.807) is 16.7 Å². The van der Waals surface area contributed by atoms with Crippen LogP contribution >= 0.6 is 27.3 Å². The van der Waals surface area contributed by atoms with E-state index in [4.69, 9.17) is 6.42 Å². The number of amides is 2. The smallest absolute Gasteiger partial charge is 0.263 e. The number of rotatable bonds is 5. The first kappa shape index (κ1) is 22.5. The average molecular weight is 532 g/mol. The third-order valence-corrected chi connectivity index (χ3v) is 7.90. The minimum absolute atomic E-state index is 0.188. The minimum Gasteiger partial charge on any atom is -0.311 e. The van der Waals surface area contributed by atoms with Gasteiger partial charge in [-0.15, -0.1) is 6.42 Å².